The SMILES string of the molecule is CC1(C)C(=O)N(CCCCCCC(=O)O)S1(=O)=O. The largest absolute Gasteiger partial charge is 0.481 e. The molecular weight excluding hydrogens is 258 g/mol. The summed E-state index contributed by atoms with van der Waals surface area (Å²) < 4.78 is 23.1. The van der Waals surface area contributed by atoms with Crippen molar-refractivity contribution in [2.24, 2.45) is 0 Å². The van der Waals surface area contributed by atoms with Crippen LogP contribution in [0.5, 0.6) is 0 Å². The number of carboxylic acids is 1. The van der Waals surface area contributed by atoms with Crippen LogP contribution in [0.2, 0.25) is 0 Å². The van der Waals surface area contributed by atoms with E-state index in [0.717, 1.165) is 17.1 Å². The topological polar surface area (TPSA) is 91.8 Å². The summed E-state index contributed by atoms with van der Waals surface area (Å²) >= 11 is 0. The van der Waals surface area contributed by atoms with Crippen molar-refractivity contribution < 1.29 is 23.1 Å². The summed E-state index contributed by atoms with van der Waals surface area (Å²) in [6.07, 6.45) is 2.76. The molecule has 0 aromatic heterocycles. The highest BCUT2D eigenvalue weighted by atomic mass is 32.2. The summed E-state index contributed by atoms with van der Waals surface area (Å²) in [6, 6.07) is 0. The molecule has 6 nitrogen and oxygen atoms in total. The maximum atomic E-state index is 11.7. The maximum Gasteiger partial charge on any atom is 0.303 e. The van der Waals surface area contributed by atoms with Crippen LogP contribution in [0.3, 0.4) is 0 Å². The third-order valence-corrected chi connectivity index (χ3v) is 5.57. The Balaban J connectivity index is 2.26. The fourth-order valence-electron chi connectivity index (χ4n) is 1.86. The molecule has 1 amide bonds. The van der Waals surface area contributed by atoms with E-state index in [1.54, 1.807) is 0 Å². The number of sulfonamides is 1. The molecule has 1 N–H and O–H groups in total. The molecule has 0 spiro atoms. The van der Waals surface area contributed by atoms with Crippen molar-refractivity contribution in [1.82, 2.24) is 4.31 Å². The Kier molecular flexibility index (Phi) is 4.37. The molecule has 0 aliphatic carbocycles. The first kappa shape index (κ1) is 14.9. The number of aliphatic carboxylic acids is 1. The molecule has 1 heterocycles. The zero-order valence-electron chi connectivity index (χ0n) is 10.7. The molecule has 1 saturated heterocycles. The van der Waals surface area contributed by atoms with Gasteiger partial charge in [-0.2, -0.15) is 0 Å². The van der Waals surface area contributed by atoms with Gasteiger partial charge < -0.3 is 5.11 Å². The van der Waals surface area contributed by atoms with Gasteiger partial charge in [0.15, 0.2) is 4.75 Å². The van der Waals surface area contributed by atoms with E-state index >= 15 is 0 Å². The van der Waals surface area contributed by atoms with Crippen LogP contribution in [-0.4, -0.2) is 41.0 Å². The summed E-state index contributed by atoms with van der Waals surface area (Å²) in [7, 11) is -3.47. The van der Waals surface area contributed by atoms with Crippen molar-refractivity contribution in [2.45, 2.75) is 50.7 Å². The van der Waals surface area contributed by atoms with E-state index in [9.17, 15) is 18.0 Å². The van der Waals surface area contributed by atoms with Gasteiger partial charge >= 0.3 is 5.97 Å². The molecule has 1 aliphatic rings. The highest BCUT2D eigenvalue weighted by molar-refractivity contribution is 7.94. The molecule has 0 aromatic carbocycles. The second-order valence-electron chi connectivity index (χ2n) is 4.95. The van der Waals surface area contributed by atoms with Gasteiger partial charge in [-0.1, -0.05) is 12.8 Å². The quantitative estimate of drug-likeness (QED) is 0.700. The van der Waals surface area contributed by atoms with Gasteiger partial charge in [0.1, 0.15) is 0 Å². The van der Waals surface area contributed by atoms with E-state index < -0.39 is 20.7 Å². The zero-order valence-corrected chi connectivity index (χ0v) is 11.5. The summed E-state index contributed by atoms with van der Waals surface area (Å²) in [5.74, 6) is -1.18. The molecule has 1 rings (SSSR count). The Morgan fingerprint density at radius 1 is 1.22 bits per heavy atom. The van der Waals surface area contributed by atoms with Crippen LogP contribution >= 0.6 is 0 Å². The lowest BCUT2D eigenvalue weighted by Crippen LogP contribution is -2.67. The van der Waals surface area contributed by atoms with E-state index in [4.69, 9.17) is 5.11 Å². The number of carbonyl (C=O) groups is 2. The highest BCUT2D eigenvalue weighted by Crippen LogP contribution is 2.34. The lowest BCUT2D eigenvalue weighted by atomic mass is 10.1. The van der Waals surface area contributed by atoms with Crippen LogP contribution < -0.4 is 0 Å². The smallest absolute Gasteiger partial charge is 0.303 e. The van der Waals surface area contributed by atoms with Gasteiger partial charge in [0.25, 0.3) is 15.9 Å². The van der Waals surface area contributed by atoms with Crippen molar-refractivity contribution in [1.29, 1.82) is 0 Å². The lowest BCUT2D eigenvalue weighted by Gasteiger charge is -2.43. The average Bonchev–Trinajstić information content (AvgIpc) is 2.26. The molecule has 0 saturated carbocycles. The predicted molar refractivity (Wildman–Crippen MR) is 65.4 cm³/mol. The average molecular weight is 277 g/mol. The molecule has 104 valence electrons. The minimum absolute atomic E-state index is 0.133. The predicted octanol–water partition coefficient (Wildman–Crippen LogP) is 0.972. The van der Waals surface area contributed by atoms with Crippen LogP contribution in [0, 0.1) is 0 Å². The highest BCUT2D eigenvalue weighted by Gasteiger charge is 2.59. The van der Waals surface area contributed by atoms with Crippen LogP contribution in [0.25, 0.3) is 0 Å². The van der Waals surface area contributed by atoms with Crippen molar-refractivity contribution in [3.8, 4) is 0 Å². The Morgan fingerprint density at radius 2 is 1.78 bits per heavy atom. The number of unbranched alkanes of at least 4 members (excludes halogenated alkanes) is 3. The van der Waals surface area contributed by atoms with Crippen LogP contribution in [0.15, 0.2) is 0 Å². The van der Waals surface area contributed by atoms with E-state index in [0.29, 0.717) is 12.8 Å². The number of hydrogen-bond donors (Lipinski definition) is 1. The molecule has 0 radical (unpaired) electrons. The summed E-state index contributed by atoms with van der Waals surface area (Å²) in [5, 5.41) is 8.43. The van der Waals surface area contributed by atoms with Crippen molar-refractivity contribution in [3.63, 3.8) is 0 Å². The van der Waals surface area contributed by atoms with Crippen LogP contribution in [-0.2, 0) is 19.6 Å². The van der Waals surface area contributed by atoms with Gasteiger partial charge in [0, 0.05) is 13.0 Å². The number of amides is 1. The summed E-state index contributed by atoms with van der Waals surface area (Å²) in [5.41, 5.74) is 0. The number of carbonyl (C=O) groups excluding carboxylic acids is 1. The number of hydrogen-bond acceptors (Lipinski definition) is 4. The maximum absolute atomic E-state index is 11.7. The van der Waals surface area contributed by atoms with E-state index in [1.165, 1.54) is 13.8 Å². The third kappa shape index (κ3) is 2.66. The number of rotatable bonds is 7. The van der Waals surface area contributed by atoms with E-state index in [2.05, 4.69) is 0 Å². The molecule has 1 fully saturated rings. The van der Waals surface area contributed by atoms with E-state index in [1.807, 2.05) is 0 Å². The first-order valence-corrected chi connectivity index (χ1v) is 7.44. The molecule has 0 aromatic rings. The monoisotopic (exact) mass is 277 g/mol. The lowest BCUT2D eigenvalue weighted by molar-refractivity contribution is -0.137. The van der Waals surface area contributed by atoms with Gasteiger partial charge in [-0.3, -0.25) is 9.59 Å². The van der Waals surface area contributed by atoms with Gasteiger partial charge in [0.05, 0.1) is 0 Å². The van der Waals surface area contributed by atoms with Gasteiger partial charge in [-0.15, -0.1) is 0 Å². The molecular formula is C11H19NO5S. The molecule has 1 aliphatic heterocycles. The Labute approximate surface area is 107 Å². The number of carboxylic acid groups (broad SMARTS) is 1. The van der Waals surface area contributed by atoms with Crippen molar-refractivity contribution in [3.05, 3.63) is 0 Å². The number of nitrogens with zero attached hydrogens (tertiary/aromatic N) is 1. The Bertz CT molecular complexity index is 440. The van der Waals surface area contributed by atoms with Gasteiger partial charge in [-0.05, 0) is 26.7 Å². The first-order chi connectivity index (χ1) is 8.21. The van der Waals surface area contributed by atoms with E-state index in [-0.39, 0.29) is 18.9 Å². The first-order valence-electron chi connectivity index (χ1n) is 6.00. The molecule has 0 unspecified atom stereocenters. The van der Waals surface area contributed by atoms with Crippen LogP contribution in [0.4, 0.5) is 0 Å². The Morgan fingerprint density at radius 3 is 2.28 bits per heavy atom. The Hall–Kier alpha value is -1.11. The molecule has 7 heteroatoms. The van der Waals surface area contributed by atoms with Gasteiger partial charge in [0.2, 0.25) is 0 Å². The molecule has 0 atom stereocenters. The second-order valence-corrected chi connectivity index (χ2v) is 7.36. The molecule has 18 heavy (non-hydrogen) atoms. The van der Waals surface area contributed by atoms with Gasteiger partial charge in [-0.25, -0.2) is 12.7 Å². The fraction of sp³-hybridized carbons (Fsp3) is 0.818. The normalized spacial score (nSPS) is 20.6. The van der Waals surface area contributed by atoms with Crippen molar-refractivity contribution in [2.75, 3.05) is 6.54 Å². The minimum atomic E-state index is -3.47. The third-order valence-electron chi connectivity index (χ3n) is 3.18. The minimum Gasteiger partial charge on any atom is -0.481 e. The van der Waals surface area contributed by atoms with Crippen molar-refractivity contribution >= 4 is 21.9 Å². The second kappa shape index (κ2) is 5.26. The summed E-state index contributed by atoms with van der Waals surface area (Å²) in [6.45, 7) is 3.03. The molecule has 0 bridgehead atoms. The fourth-order valence-corrected chi connectivity index (χ4v) is 3.43. The standard InChI is InChI=1S/C11H19NO5S/c1-11(2)10(15)12(18(11,16)17)8-6-4-3-5-7-9(13)14/h3-8H2,1-2H3,(H,13,14). The summed E-state index contributed by atoms with van der Waals surface area (Å²) in [4.78, 5) is 21.8. The van der Waals surface area contributed by atoms with Crippen LogP contribution in [0.1, 0.15) is 46.0 Å². The zero-order chi connectivity index (χ0) is 14.0.